The van der Waals surface area contributed by atoms with Crippen LogP contribution in [0.1, 0.15) is 31.2 Å². The van der Waals surface area contributed by atoms with E-state index in [1.165, 1.54) is 31.2 Å². The van der Waals surface area contributed by atoms with Gasteiger partial charge in [0.25, 0.3) is 0 Å². The van der Waals surface area contributed by atoms with E-state index in [0.717, 1.165) is 37.6 Å². The highest BCUT2D eigenvalue weighted by atomic mass is 16.5. The summed E-state index contributed by atoms with van der Waals surface area (Å²) in [5.41, 5.74) is 1.17. The molecule has 0 atom stereocenters. The van der Waals surface area contributed by atoms with Crippen LogP contribution in [0.2, 0.25) is 0 Å². The molecule has 0 saturated carbocycles. The lowest BCUT2D eigenvalue weighted by atomic mass is 10.1. The van der Waals surface area contributed by atoms with Crippen LogP contribution in [0, 0.1) is 0 Å². The second-order valence-corrected chi connectivity index (χ2v) is 6.03. The average Bonchev–Trinajstić information content (AvgIpc) is 2.92. The van der Waals surface area contributed by atoms with Gasteiger partial charge in [-0.1, -0.05) is 31.0 Å². The molecule has 1 aliphatic rings. The van der Waals surface area contributed by atoms with Gasteiger partial charge in [-0.25, -0.2) is 0 Å². The number of ether oxygens (including phenoxy) is 1. The third-order valence-corrected chi connectivity index (χ3v) is 4.35. The van der Waals surface area contributed by atoms with Gasteiger partial charge >= 0.3 is 0 Å². The highest BCUT2D eigenvalue weighted by Crippen LogP contribution is 2.19. The summed E-state index contributed by atoms with van der Waals surface area (Å²) < 4.78 is 5.38. The molecule has 3 rings (SSSR count). The molecule has 1 aromatic carbocycles. The Morgan fingerprint density at radius 3 is 2.71 bits per heavy atom. The van der Waals surface area contributed by atoms with E-state index in [9.17, 15) is 0 Å². The maximum Gasteiger partial charge on any atom is 0.244 e. The molecular weight excluding hydrogens is 302 g/mol. The fraction of sp³-hybridized carbons (Fsp3) is 0.500. The monoisotopic (exact) mass is 327 g/mol. The Bertz CT molecular complexity index is 641. The van der Waals surface area contributed by atoms with Crippen LogP contribution in [0.4, 0.5) is 11.8 Å². The van der Waals surface area contributed by atoms with E-state index in [1.54, 1.807) is 13.3 Å². The van der Waals surface area contributed by atoms with Crippen LogP contribution < -0.4 is 15.0 Å². The third kappa shape index (κ3) is 4.34. The number of rotatable bonds is 6. The molecule has 0 radical (unpaired) electrons. The molecular formula is C18H25N5O. The molecule has 6 nitrogen and oxygen atoms in total. The van der Waals surface area contributed by atoms with Crippen molar-refractivity contribution < 1.29 is 4.74 Å². The van der Waals surface area contributed by atoms with Crippen LogP contribution in [0.15, 0.2) is 30.5 Å². The largest absolute Gasteiger partial charge is 0.496 e. The fourth-order valence-corrected chi connectivity index (χ4v) is 3.04. The van der Waals surface area contributed by atoms with E-state index in [2.05, 4.69) is 31.5 Å². The van der Waals surface area contributed by atoms with Crippen LogP contribution in [-0.4, -0.2) is 41.9 Å². The number of hydrogen-bond donors (Lipinski definition) is 1. The quantitative estimate of drug-likeness (QED) is 0.880. The van der Waals surface area contributed by atoms with Crippen molar-refractivity contribution in [3.8, 4) is 5.75 Å². The van der Waals surface area contributed by atoms with Crippen LogP contribution in [0.25, 0.3) is 0 Å². The normalized spacial score (nSPS) is 15.0. The van der Waals surface area contributed by atoms with E-state index in [1.807, 2.05) is 18.2 Å². The van der Waals surface area contributed by atoms with E-state index >= 15 is 0 Å². The topological polar surface area (TPSA) is 63.2 Å². The van der Waals surface area contributed by atoms with Crippen molar-refractivity contribution in [3.63, 3.8) is 0 Å². The lowest BCUT2D eigenvalue weighted by Gasteiger charge is -2.21. The Hall–Kier alpha value is -2.37. The van der Waals surface area contributed by atoms with Crippen molar-refractivity contribution in [2.75, 3.05) is 37.0 Å². The highest BCUT2D eigenvalue weighted by Gasteiger charge is 2.12. The zero-order valence-corrected chi connectivity index (χ0v) is 14.2. The first-order valence-corrected chi connectivity index (χ1v) is 8.67. The number of para-hydroxylation sites is 1. The summed E-state index contributed by atoms with van der Waals surface area (Å²) in [6, 6.07) is 8.06. The van der Waals surface area contributed by atoms with Crippen LogP contribution in [-0.2, 0) is 6.42 Å². The molecule has 1 saturated heterocycles. The van der Waals surface area contributed by atoms with E-state index in [4.69, 9.17) is 4.74 Å². The molecule has 0 spiro atoms. The Balaban J connectivity index is 1.58. The van der Waals surface area contributed by atoms with Crippen molar-refractivity contribution in [1.82, 2.24) is 15.2 Å². The van der Waals surface area contributed by atoms with E-state index < -0.39 is 0 Å². The zero-order chi connectivity index (χ0) is 16.6. The highest BCUT2D eigenvalue weighted by molar-refractivity contribution is 5.40. The first kappa shape index (κ1) is 16.5. The number of nitrogens with zero attached hydrogens (tertiary/aromatic N) is 4. The number of methoxy groups -OCH3 is 1. The lowest BCUT2D eigenvalue weighted by Crippen LogP contribution is -2.25. The molecule has 24 heavy (non-hydrogen) atoms. The van der Waals surface area contributed by atoms with Gasteiger partial charge in [-0.3, -0.25) is 0 Å². The van der Waals surface area contributed by atoms with E-state index in [-0.39, 0.29) is 0 Å². The number of anilines is 2. The molecule has 0 amide bonds. The minimum absolute atomic E-state index is 0.589. The van der Waals surface area contributed by atoms with Crippen LogP contribution in [0.3, 0.4) is 0 Å². The molecule has 1 N–H and O–H groups in total. The van der Waals surface area contributed by atoms with Crippen molar-refractivity contribution in [2.24, 2.45) is 0 Å². The summed E-state index contributed by atoms with van der Waals surface area (Å²) in [7, 11) is 1.70. The summed E-state index contributed by atoms with van der Waals surface area (Å²) in [5.74, 6) is 2.43. The maximum atomic E-state index is 5.38. The molecule has 128 valence electrons. The van der Waals surface area contributed by atoms with Gasteiger partial charge in [0.1, 0.15) is 5.75 Å². The Morgan fingerprint density at radius 1 is 1.12 bits per heavy atom. The molecule has 0 bridgehead atoms. The Kier molecular flexibility index (Phi) is 5.82. The van der Waals surface area contributed by atoms with Crippen LogP contribution >= 0.6 is 0 Å². The number of benzene rings is 1. The number of hydrogen-bond acceptors (Lipinski definition) is 6. The van der Waals surface area contributed by atoms with Gasteiger partial charge in [0.05, 0.1) is 13.3 Å². The first-order valence-electron chi connectivity index (χ1n) is 8.67. The second kappa shape index (κ2) is 8.47. The maximum absolute atomic E-state index is 5.38. The predicted octanol–water partition coefficient (Wildman–Crippen LogP) is 2.92. The van der Waals surface area contributed by atoms with Crippen molar-refractivity contribution in [2.45, 2.75) is 32.1 Å². The summed E-state index contributed by atoms with van der Waals surface area (Å²) in [6.45, 7) is 2.85. The molecule has 2 heterocycles. The number of nitrogens with one attached hydrogen (secondary N) is 1. The molecule has 0 unspecified atom stereocenters. The summed E-state index contributed by atoms with van der Waals surface area (Å²) in [5, 5.41) is 11.5. The van der Waals surface area contributed by atoms with Gasteiger partial charge in [-0.05, 0) is 30.9 Å². The average molecular weight is 327 g/mol. The molecule has 1 aliphatic heterocycles. The lowest BCUT2D eigenvalue weighted by molar-refractivity contribution is 0.410. The Morgan fingerprint density at radius 2 is 1.92 bits per heavy atom. The van der Waals surface area contributed by atoms with Crippen molar-refractivity contribution in [1.29, 1.82) is 0 Å². The smallest absolute Gasteiger partial charge is 0.244 e. The van der Waals surface area contributed by atoms with Crippen LogP contribution in [0.5, 0.6) is 5.75 Å². The van der Waals surface area contributed by atoms with Gasteiger partial charge < -0.3 is 15.0 Å². The standard InChI is InChI=1S/C18H25N5O/c1-24-16-9-5-4-8-15(16)10-11-19-18-21-17(14-20-22-18)23-12-6-2-3-7-13-23/h4-5,8-9,14H,2-3,6-7,10-13H2,1H3,(H,19,21,22). The van der Waals surface area contributed by atoms with Gasteiger partial charge in [-0.2, -0.15) is 10.1 Å². The van der Waals surface area contributed by atoms with Gasteiger partial charge in [-0.15, -0.1) is 5.10 Å². The minimum atomic E-state index is 0.589. The molecule has 2 aromatic rings. The summed E-state index contributed by atoms with van der Waals surface area (Å²) in [6.07, 6.45) is 7.66. The summed E-state index contributed by atoms with van der Waals surface area (Å²) in [4.78, 5) is 6.93. The molecule has 0 aliphatic carbocycles. The zero-order valence-electron chi connectivity index (χ0n) is 14.2. The van der Waals surface area contributed by atoms with Gasteiger partial charge in [0.2, 0.25) is 5.95 Å². The minimum Gasteiger partial charge on any atom is -0.496 e. The molecule has 1 fully saturated rings. The fourth-order valence-electron chi connectivity index (χ4n) is 3.04. The Labute approximate surface area is 143 Å². The number of aromatic nitrogens is 3. The second-order valence-electron chi connectivity index (χ2n) is 6.03. The van der Waals surface area contributed by atoms with Crippen molar-refractivity contribution >= 4 is 11.8 Å². The SMILES string of the molecule is COc1ccccc1CCNc1nncc(N2CCCCCC2)n1. The molecule has 6 heteroatoms. The predicted molar refractivity (Wildman–Crippen MR) is 95.7 cm³/mol. The van der Waals surface area contributed by atoms with Crippen molar-refractivity contribution in [3.05, 3.63) is 36.0 Å². The molecule has 1 aromatic heterocycles. The first-order chi connectivity index (χ1) is 11.9. The van der Waals surface area contributed by atoms with Gasteiger partial charge in [0, 0.05) is 19.6 Å². The van der Waals surface area contributed by atoms with Gasteiger partial charge in [0.15, 0.2) is 5.82 Å². The summed E-state index contributed by atoms with van der Waals surface area (Å²) >= 11 is 0. The third-order valence-electron chi connectivity index (χ3n) is 4.35. The van der Waals surface area contributed by atoms with E-state index in [0.29, 0.717) is 5.95 Å².